The van der Waals surface area contributed by atoms with Crippen molar-refractivity contribution in [2.24, 2.45) is 0 Å². The van der Waals surface area contributed by atoms with Crippen LogP contribution in [0.2, 0.25) is 0 Å². The van der Waals surface area contributed by atoms with E-state index in [1.165, 1.54) is 0 Å². The number of rotatable bonds is 8. The summed E-state index contributed by atoms with van der Waals surface area (Å²) in [6, 6.07) is 36.3. The Balaban J connectivity index is 1.47. The lowest BCUT2D eigenvalue weighted by atomic mass is 9.94. The van der Waals surface area contributed by atoms with Gasteiger partial charge in [0.25, 0.3) is 0 Å². The van der Waals surface area contributed by atoms with Crippen LogP contribution in [0.3, 0.4) is 0 Å². The lowest BCUT2D eigenvalue weighted by Gasteiger charge is -2.32. The molecule has 176 valence electrons. The Morgan fingerprint density at radius 2 is 1.51 bits per heavy atom. The molecule has 1 heterocycles. The minimum absolute atomic E-state index is 0.163. The smallest absolute Gasteiger partial charge is 0.320 e. The van der Waals surface area contributed by atoms with E-state index in [0.717, 1.165) is 46.5 Å². The van der Waals surface area contributed by atoms with Crippen LogP contribution in [-0.2, 0) is 11.4 Å². The minimum atomic E-state index is -0.759. The molecule has 1 aliphatic heterocycles. The third-order valence-electron chi connectivity index (χ3n) is 6.67. The zero-order chi connectivity index (χ0) is 24.0. The number of benzene rings is 4. The number of nitrogens with zero attached hydrogens (tertiary/aromatic N) is 1. The van der Waals surface area contributed by atoms with Crippen molar-refractivity contribution in [3.8, 4) is 16.9 Å². The summed E-state index contributed by atoms with van der Waals surface area (Å²) in [7, 11) is 0. The van der Waals surface area contributed by atoms with Crippen LogP contribution in [0, 0.1) is 0 Å². The number of hydrogen-bond donors (Lipinski definition) is 1. The molecule has 1 aliphatic rings. The van der Waals surface area contributed by atoms with E-state index in [1.54, 1.807) is 0 Å². The summed E-state index contributed by atoms with van der Waals surface area (Å²) in [4.78, 5) is 14.2. The Morgan fingerprint density at radius 1 is 0.829 bits per heavy atom. The zero-order valence-corrected chi connectivity index (χ0v) is 19.6. The Labute approximate surface area is 206 Å². The number of carboxylic acid groups (broad SMARTS) is 1. The SMILES string of the molecule is O=C(O)C1CCCN1C(c1ccc(-c2ccccc2)cc1)c1cccc(OCc2ccccc2)c1. The molecule has 5 rings (SSSR count). The molecule has 0 aromatic heterocycles. The molecule has 1 fully saturated rings. The predicted octanol–water partition coefficient (Wildman–Crippen LogP) is 6.57. The highest BCUT2D eigenvalue weighted by molar-refractivity contribution is 5.74. The number of ether oxygens (including phenoxy) is 1. The molecule has 0 spiro atoms. The Hall–Kier alpha value is -3.89. The van der Waals surface area contributed by atoms with Crippen LogP contribution < -0.4 is 4.74 Å². The minimum Gasteiger partial charge on any atom is -0.489 e. The molecule has 35 heavy (non-hydrogen) atoms. The maximum Gasteiger partial charge on any atom is 0.320 e. The number of likely N-dealkylation sites (tertiary alicyclic amines) is 1. The van der Waals surface area contributed by atoms with Crippen LogP contribution in [-0.4, -0.2) is 28.6 Å². The Morgan fingerprint density at radius 3 is 2.23 bits per heavy atom. The van der Waals surface area contributed by atoms with Gasteiger partial charge in [0.1, 0.15) is 18.4 Å². The second kappa shape index (κ2) is 10.6. The van der Waals surface area contributed by atoms with E-state index in [9.17, 15) is 9.90 Å². The lowest BCUT2D eigenvalue weighted by molar-refractivity contribution is -0.142. The average Bonchev–Trinajstić information content (AvgIpc) is 3.39. The Bertz CT molecular complexity index is 1260. The monoisotopic (exact) mass is 463 g/mol. The quantitative estimate of drug-likeness (QED) is 0.321. The molecule has 0 radical (unpaired) electrons. The standard InChI is InChI=1S/C31H29NO3/c33-31(34)29-15-8-20-32(29)30(26-18-16-25(17-19-26)24-11-5-2-6-12-24)27-13-7-14-28(21-27)35-22-23-9-3-1-4-10-23/h1-7,9-14,16-19,21,29-30H,8,15,20,22H2,(H,33,34). The molecule has 0 saturated carbocycles. The molecule has 0 bridgehead atoms. The molecule has 4 aromatic carbocycles. The second-order valence-electron chi connectivity index (χ2n) is 8.97. The van der Waals surface area contributed by atoms with E-state index in [4.69, 9.17) is 4.74 Å². The van der Waals surface area contributed by atoms with Crippen LogP contribution >= 0.6 is 0 Å². The highest BCUT2D eigenvalue weighted by atomic mass is 16.5. The van der Waals surface area contributed by atoms with Gasteiger partial charge in [-0.15, -0.1) is 0 Å². The molecule has 0 aliphatic carbocycles. The fourth-order valence-electron chi connectivity index (χ4n) is 4.94. The molecule has 2 atom stereocenters. The molecular formula is C31H29NO3. The molecule has 4 aromatic rings. The van der Waals surface area contributed by atoms with Gasteiger partial charge in [0.15, 0.2) is 0 Å². The summed E-state index contributed by atoms with van der Waals surface area (Å²) >= 11 is 0. The normalized spacial score (nSPS) is 16.6. The summed E-state index contributed by atoms with van der Waals surface area (Å²) in [5.74, 6) is 0.0215. The molecule has 0 amide bonds. The third kappa shape index (κ3) is 5.28. The van der Waals surface area contributed by atoms with E-state index >= 15 is 0 Å². The van der Waals surface area contributed by atoms with E-state index in [2.05, 4.69) is 53.4 Å². The van der Waals surface area contributed by atoms with Crippen molar-refractivity contribution in [2.75, 3.05) is 6.54 Å². The van der Waals surface area contributed by atoms with E-state index in [0.29, 0.717) is 13.0 Å². The largest absolute Gasteiger partial charge is 0.489 e. The summed E-state index contributed by atoms with van der Waals surface area (Å²) in [5.41, 5.74) is 5.53. The lowest BCUT2D eigenvalue weighted by Crippen LogP contribution is -2.39. The van der Waals surface area contributed by atoms with Crippen molar-refractivity contribution in [3.63, 3.8) is 0 Å². The van der Waals surface area contributed by atoms with Crippen molar-refractivity contribution in [1.82, 2.24) is 4.90 Å². The van der Waals surface area contributed by atoms with Crippen molar-refractivity contribution >= 4 is 5.97 Å². The van der Waals surface area contributed by atoms with Crippen molar-refractivity contribution in [2.45, 2.75) is 31.5 Å². The van der Waals surface area contributed by atoms with Gasteiger partial charge < -0.3 is 9.84 Å². The molecule has 1 saturated heterocycles. The fraction of sp³-hybridized carbons (Fsp3) is 0.194. The van der Waals surface area contributed by atoms with Crippen LogP contribution in [0.5, 0.6) is 5.75 Å². The van der Waals surface area contributed by atoms with E-state index < -0.39 is 12.0 Å². The highest BCUT2D eigenvalue weighted by Gasteiger charge is 2.37. The van der Waals surface area contributed by atoms with Crippen molar-refractivity contribution < 1.29 is 14.6 Å². The van der Waals surface area contributed by atoms with Gasteiger partial charge in [-0.25, -0.2) is 0 Å². The maximum atomic E-state index is 12.1. The van der Waals surface area contributed by atoms with Gasteiger partial charge in [0.2, 0.25) is 0 Å². The Kier molecular flexibility index (Phi) is 6.92. The number of hydrogen-bond acceptors (Lipinski definition) is 3. The average molecular weight is 464 g/mol. The van der Waals surface area contributed by atoms with Crippen molar-refractivity contribution in [1.29, 1.82) is 0 Å². The van der Waals surface area contributed by atoms with Crippen LogP contribution in [0.4, 0.5) is 0 Å². The van der Waals surface area contributed by atoms with Gasteiger partial charge >= 0.3 is 5.97 Å². The summed E-state index contributed by atoms with van der Waals surface area (Å²) in [5, 5.41) is 9.92. The molecule has 1 N–H and O–H groups in total. The van der Waals surface area contributed by atoms with Gasteiger partial charge in [-0.1, -0.05) is 97.1 Å². The van der Waals surface area contributed by atoms with E-state index in [-0.39, 0.29) is 6.04 Å². The van der Waals surface area contributed by atoms with Gasteiger partial charge in [-0.05, 0) is 52.8 Å². The summed E-state index contributed by atoms with van der Waals surface area (Å²) in [6.45, 7) is 1.24. The van der Waals surface area contributed by atoms with Crippen LogP contribution in [0.15, 0.2) is 109 Å². The number of carbonyl (C=O) groups is 1. The van der Waals surface area contributed by atoms with Gasteiger partial charge in [0, 0.05) is 6.54 Å². The number of carboxylic acids is 1. The van der Waals surface area contributed by atoms with E-state index in [1.807, 2.05) is 60.7 Å². The van der Waals surface area contributed by atoms with Gasteiger partial charge in [0.05, 0.1) is 6.04 Å². The maximum absolute atomic E-state index is 12.1. The first kappa shape index (κ1) is 22.9. The summed E-state index contributed by atoms with van der Waals surface area (Å²) < 4.78 is 6.10. The molecular weight excluding hydrogens is 434 g/mol. The van der Waals surface area contributed by atoms with Gasteiger partial charge in [-0.2, -0.15) is 0 Å². The molecule has 2 unspecified atom stereocenters. The summed E-state index contributed by atoms with van der Waals surface area (Å²) in [6.07, 6.45) is 1.54. The first-order chi connectivity index (χ1) is 17.2. The zero-order valence-electron chi connectivity index (χ0n) is 19.6. The van der Waals surface area contributed by atoms with Gasteiger partial charge in [-0.3, -0.25) is 9.69 Å². The fourth-order valence-corrected chi connectivity index (χ4v) is 4.94. The predicted molar refractivity (Wildman–Crippen MR) is 138 cm³/mol. The molecule has 4 nitrogen and oxygen atoms in total. The number of aliphatic carboxylic acids is 1. The van der Waals surface area contributed by atoms with Crippen LogP contribution in [0.1, 0.15) is 35.6 Å². The van der Waals surface area contributed by atoms with Crippen LogP contribution in [0.25, 0.3) is 11.1 Å². The first-order valence-corrected chi connectivity index (χ1v) is 12.1. The second-order valence-corrected chi connectivity index (χ2v) is 8.97. The van der Waals surface area contributed by atoms with Crippen molar-refractivity contribution in [3.05, 3.63) is 126 Å². The highest BCUT2D eigenvalue weighted by Crippen LogP contribution is 2.37. The third-order valence-corrected chi connectivity index (χ3v) is 6.67. The topological polar surface area (TPSA) is 49.8 Å². The molecule has 4 heteroatoms. The first-order valence-electron chi connectivity index (χ1n) is 12.1.